The van der Waals surface area contributed by atoms with Gasteiger partial charge in [-0.15, -0.1) is 0 Å². The molecule has 3 rings (SSSR count). The lowest BCUT2D eigenvalue weighted by molar-refractivity contribution is 0.0595. The van der Waals surface area contributed by atoms with Crippen molar-refractivity contribution >= 4 is 28.4 Å². The minimum Gasteiger partial charge on any atom is -0.464 e. The molecule has 1 aromatic carbocycles. The summed E-state index contributed by atoms with van der Waals surface area (Å²) < 4.78 is 8.81. The van der Waals surface area contributed by atoms with Gasteiger partial charge in [0.25, 0.3) is 0 Å². The number of esters is 1. The summed E-state index contributed by atoms with van der Waals surface area (Å²) in [4.78, 5) is 12.4. The zero-order valence-electron chi connectivity index (χ0n) is 10.4. The van der Waals surface area contributed by atoms with Crippen LogP contribution >= 0.6 is 11.5 Å². The predicted octanol–water partition coefficient (Wildman–Crippen LogP) is 2.78. The third kappa shape index (κ3) is 1.90. The minimum absolute atomic E-state index is 0.336. The first-order valence-electron chi connectivity index (χ1n) is 5.69. The number of H-pyrrole nitrogens is 1. The molecule has 0 spiro atoms. The van der Waals surface area contributed by atoms with Crippen molar-refractivity contribution in [2.45, 2.75) is 6.92 Å². The molecule has 6 heteroatoms. The lowest BCUT2D eigenvalue weighted by atomic mass is 10.0. The van der Waals surface area contributed by atoms with Gasteiger partial charge in [0.15, 0.2) is 5.69 Å². The second kappa shape index (κ2) is 4.47. The average molecular weight is 273 g/mol. The Kier molecular flexibility index (Phi) is 2.79. The van der Waals surface area contributed by atoms with Gasteiger partial charge in [-0.2, -0.15) is 9.47 Å². The molecule has 0 aliphatic carbocycles. The molecule has 0 bridgehead atoms. The summed E-state index contributed by atoms with van der Waals surface area (Å²) in [5.41, 5.74) is 3.48. The number of aryl methyl sites for hydroxylation is 1. The molecule has 19 heavy (non-hydrogen) atoms. The second-order valence-electron chi connectivity index (χ2n) is 4.16. The first-order valence-corrected chi connectivity index (χ1v) is 6.46. The van der Waals surface area contributed by atoms with Crippen molar-refractivity contribution in [3.05, 3.63) is 35.7 Å². The molecule has 0 aliphatic heterocycles. The highest BCUT2D eigenvalue weighted by Gasteiger charge is 2.15. The van der Waals surface area contributed by atoms with Gasteiger partial charge in [0.2, 0.25) is 0 Å². The smallest absolute Gasteiger partial charge is 0.357 e. The molecule has 96 valence electrons. The lowest BCUT2D eigenvalue weighted by Gasteiger charge is -2.03. The van der Waals surface area contributed by atoms with E-state index in [0.29, 0.717) is 5.69 Å². The van der Waals surface area contributed by atoms with E-state index in [0.717, 1.165) is 26.9 Å². The highest BCUT2D eigenvalue weighted by atomic mass is 32.1. The normalized spacial score (nSPS) is 10.8. The van der Waals surface area contributed by atoms with E-state index >= 15 is 0 Å². The summed E-state index contributed by atoms with van der Waals surface area (Å²) >= 11 is 1.29. The Labute approximate surface area is 113 Å². The van der Waals surface area contributed by atoms with Crippen molar-refractivity contribution in [3.63, 3.8) is 0 Å². The van der Waals surface area contributed by atoms with Crippen LogP contribution in [0.1, 0.15) is 16.1 Å². The number of methoxy groups -OCH3 is 1. The van der Waals surface area contributed by atoms with Gasteiger partial charge in [-0.3, -0.25) is 5.10 Å². The molecule has 0 atom stereocenters. The maximum atomic E-state index is 11.5. The Balaban J connectivity index is 2.18. The van der Waals surface area contributed by atoms with Gasteiger partial charge in [-0.1, -0.05) is 6.07 Å². The summed E-state index contributed by atoms with van der Waals surface area (Å²) in [6, 6.07) is 5.77. The zero-order chi connectivity index (χ0) is 13.4. The van der Waals surface area contributed by atoms with Crippen LogP contribution in [-0.4, -0.2) is 27.7 Å². The van der Waals surface area contributed by atoms with E-state index in [1.807, 2.05) is 19.1 Å². The van der Waals surface area contributed by atoms with Crippen molar-refractivity contribution in [2.75, 3.05) is 7.11 Å². The number of ether oxygens (including phenoxy) is 1. The van der Waals surface area contributed by atoms with E-state index in [9.17, 15) is 4.79 Å². The SMILES string of the molecule is COC(=O)c1cc(-c2c(C)ccc3[nH]ncc23)sn1. The molecule has 2 aromatic heterocycles. The van der Waals surface area contributed by atoms with E-state index in [1.165, 1.54) is 18.6 Å². The fourth-order valence-electron chi connectivity index (χ4n) is 2.05. The van der Waals surface area contributed by atoms with E-state index < -0.39 is 5.97 Å². The number of nitrogens with one attached hydrogen (secondary N) is 1. The van der Waals surface area contributed by atoms with Crippen LogP contribution in [0.5, 0.6) is 0 Å². The molecule has 0 saturated carbocycles. The number of hydrogen-bond donors (Lipinski definition) is 1. The molecular weight excluding hydrogens is 262 g/mol. The molecule has 1 N–H and O–H groups in total. The first kappa shape index (κ1) is 11.9. The number of carbonyl (C=O) groups is 1. The topological polar surface area (TPSA) is 67.9 Å². The molecule has 0 saturated heterocycles. The Morgan fingerprint density at radius 1 is 1.42 bits per heavy atom. The van der Waals surface area contributed by atoms with Crippen LogP contribution in [0, 0.1) is 6.92 Å². The summed E-state index contributed by atoms with van der Waals surface area (Å²) in [7, 11) is 1.35. The maximum Gasteiger partial charge on any atom is 0.357 e. The highest BCUT2D eigenvalue weighted by molar-refractivity contribution is 7.09. The third-order valence-corrected chi connectivity index (χ3v) is 3.79. The standard InChI is InChI=1S/C13H11N3O2S/c1-7-3-4-9-8(6-14-15-9)12(7)11-5-10(16-19-11)13(17)18-2/h3-6H,1-2H3,(H,14,15). The van der Waals surface area contributed by atoms with Gasteiger partial charge in [0.05, 0.1) is 23.7 Å². The number of benzene rings is 1. The second-order valence-corrected chi connectivity index (χ2v) is 4.96. The monoisotopic (exact) mass is 273 g/mol. The molecule has 0 fully saturated rings. The van der Waals surface area contributed by atoms with Crippen molar-refractivity contribution in [1.29, 1.82) is 0 Å². The van der Waals surface area contributed by atoms with Gasteiger partial charge < -0.3 is 4.74 Å². The molecule has 3 aromatic rings. The minimum atomic E-state index is -0.417. The number of nitrogens with zero attached hydrogens (tertiary/aromatic N) is 2. The van der Waals surface area contributed by atoms with Crippen LogP contribution in [0.3, 0.4) is 0 Å². The number of carbonyl (C=O) groups excluding carboxylic acids is 1. The highest BCUT2D eigenvalue weighted by Crippen LogP contribution is 2.34. The predicted molar refractivity (Wildman–Crippen MR) is 73.3 cm³/mol. The molecular formula is C13H11N3O2S. The number of hydrogen-bond acceptors (Lipinski definition) is 5. The third-order valence-electron chi connectivity index (χ3n) is 2.98. The van der Waals surface area contributed by atoms with Crippen molar-refractivity contribution in [3.8, 4) is 10.4 Å². The van der Waals surface area contributed by atoms with Crippen LogP contribution in [-0.2, 0) is 4.74 Å². The number of aromatic amines is 1. The molecule has 0 amide bonds. The van der Waals surface area contributed by atoms with Gasteiger partial charge in [-0.25, -0.2) is 4.79 Å². The van der Waals surface area contributed by atoms with Gasteiger partial charge in [-0.05, 0) is 36.2 Å². The van der Waals surface area contributed by atoms with Crippen LogP contribution < -0.4 is 0 Å². The molecule has 2 heterocycles. The fraction of sp³-hybridized carbons (Fsp3) is 0.154. The van der Waals surface area contributed by atoms with Crippen LogP contribution in [0.15, 0.2) is 24.4 Å². The average Bonchev–Trinajstić information content (AvgIpc) is 3.06. The van der Waals surface area contributed by atoms with E-state index in [2.05, 4.69) is 19.3 Å². The summed E-state index contributed by atoms with van der Waals surface area (Å²) in [5, 5.41) is 8.02. The first-order chi connectivity index (χ1) is 9.20. The number of rotatable bonds is 2. The fourth-order valence-corrected chi connectivity index (χ4v) is 2.90. The molecule has 0 aliphatic rings. The largest absolute Gasteiger partial charge is 0.464 e. The summed E-state index contributed by atoms with van der Waals surface area (Å²) in [6.07, 6.45) is 1.79. The Hall–Kier alpha value is -2.21. The van der Waals surface area contributed by atoms with Crippen LogP contribution in [0.2, 0.25) is 0 Å². The Bertz CT molecular complexity index is 760. The Morgan fingerprint density at radius 2 is 2.26 bits per heavy atom. The van der Waals surface area contributed by atoms with Crippen molar-refractivity contribution in [1.82, 2.24) is 14.6 Å². The van der Waals surface area contributed by atoms with E-state index in [1.54, 1.807) is 12.3 Å². The quantitative estimate of drug-likeness (QED) is 0.729. The van der Waals surface area contributed by atoms with E-state index in [4.69, 9.17) is 0 Å². The van der Waals surface area contributed by atoms with Crippen molar-refractivity contribution in [2.24, 2.45) is 0 Å². The van der Waals surface area contributed by atoms with E-state index in [-0.39, 0.29) is 0 Å². The Morgan fingerprint density at radius 3 is 3.05 bits per heavy atom. The molecule has 0 unspecified atom stereocenters. The molecule has 5 nitrogen and oxygen atoms in total. The molecule has 0 radical (unpaired) electrons. The van der Waals surface area contributed by atoms with Crippen LogP contribution in [0.25, 0.3) is 21.3 Å². The zero-order valence-corrected chi connectivity index (χ0v) is 11.2. The van der Waals surface area contributed by atoms with Gasteiger partial charge >= 0.3 is 5.97 Å². The van der Waals surface area contributed by atoms with Gasteiger partial charge in [0.1, 0.15) is 0 Å². The number of fused-ring (bicyclic) bond motifs is 1. The van der Waals surface area contributed by atoms with Gasteiger partial charge in [0, 0.05) is 10.9 Å². The lowest BCUT2D eigenvalue weighted by Crippen LogP contribution is -2.00. The van der Waals surface area contributed by atoms with Crippen LogP contribution in [0.4, 0.5) is 0 Å². The number of aromatic nitrogens is 3. The maximum absolute atomic E-state index is 11.5. The summed E-state index contributed by atoms with van der Waals surface area (Å²) in [6.45, 7) is 2.03. The van der Waals surface area contributed by atoms with Crippen molar-refractivity contribution < 1.29 is 9.53 Å². The summed E-state index contributed by atoms with van der Waals surface area (Å²) in [5.74, 6) is -0.417.